The molecule has 3 heteroatoms. The Bertz CT molecular complexity index is 804. The topological polar surface area (TPSA) is 46.5 Å². The second-order valence-corrected chi connectivity index (χ2v) is 4.82. The molecule has 104 valence electrons. The minimum atomic E-state index is -0.341. The van der Waals surface area contributed by atoms with E-state index in [9.17, 15) is 9.90 Å². The molecule has 3 aromatic rings. The molecule has 0 aliphatic carbocycles. The Morgan fingerprint density at radius 2 is 1.52 bits per heavy atom. The molecule has 0 aliphatic heterocycles. The molecule has 0 aromatic heterocycles. The third-order valence-corrected chi connectivity index (χ3v) is 3.46. The van der Waals surface area contributed by atoms with Crippen molar-refractivity contribution in [1.29, 1.82) is 0 Å². The van der Waals surface area contributed by atoms with Crippen molar-refractivity contribution in [2.24, 2.45) is 0 Å². The van der Waals surface area contributed by atoms with Crippen LogP contribution in [-0.4, -0.2) is 18.2 Å². The summed E-state index contributed by atoms with van der Waals surface area (Å²) in [6.07, 6.45) is 0. The van der Waals surface area contributed by atoms with Gasteiger partial charge in [0.15, 0.2) is 0 Å². The van der Waals surface area contributed by atoms with Crippen molar-refractivity contribution >= 4 is 16.7 Å². The highest BCUT2D eigenvalue weighted by Gasteiger charge is 2.07. The molecule has 0 amide bonds. The lowest BCUT2D eigenvalue weighted by Crippen LogP contribution is -2.00. The predicted molar refractivity (Wildman–Crippen MR) is 82.4 cm³/mol. The Balaban J connectivity index is 2.09. The molecule has 0 saturated heterocycles. The number of fused-ring (bicyclic) bond motifs is 1. The van der Waals surface area contributed by atoms with E-state index < -0.39 is 0 Å². The van der Waals surface area contributed by atoms with E-state index >= 15 is 0 Å². The minimum Gasteiger partial charge on any atom is -0.508 e. The number of rotatable bonds is 2. The maximum absolute atomic E-state index is 11.6. The number of phenols is 1. The Morgan fingerprint density at radius 3 is 2.24 bits per heavy atom. The van der Waals surface area contributed by atoms with E-state index in [0.29, 0.717) is 5.56 Å². The molecule has 0 saturated carbocycles. The number of phenolic OH excluding ortho intramolecular Hbond substituents is 1. The molecule has 21 heavy (non-hydrogen) atoms. The van der Waals surface area contributed by atoms with Crippen molar-refractivity contribution in [1.82, 2.24) is 0 Å². The van der Waals surface area contributed by atoms with Crippen LogP contribution in [0.1, 0.15) is 10.4 Å². The monoisotopic (exact) mass is 278 g/mol. The zero-order valence-electron chi connectivity index (χ0n) is 11.5. The Kier molecular flexibility index (Phi) is 3.32. The summed E-state index contributed by atoms with van der Waals surface area (Å²) in [7, 11) is 1.37. The average Bonchev–Trinajstić information content (AvgIpc) is 2.53. The first-order valence-electron chi connectivity index (χ1n) is 6.59. The summed E-state index contributed by atoms with van der Waals surface area (Å²) in [5, 5.41) is 11.4. The van der Waals surface area contributed by atoms with Gasteiger partial charge in [0.2, 0.25) is 0 Å². The number of methoxy groups -OCH3 is 1. The van der Waals surface area contributed by atoms with Gasteiger partial charge in [-0.15, -0.1) is 0 Å². The van der Waals surface area contributed by atoms with Crippen LogP contribution in [-0.2, 0) is 4.74 Å². The fourth-order valence-corrected chi connectivity index (χ4v) is 2.32. The average molecular weight is 278 g/mol. The van der Waals surface area contributed by atoms with Crippen molar-refractivity contribution in [2.45, 2.75) is 0 Å². The van der Waals surface area contributed by atoms with Gasteiger partial charge < -0.3 is 9.84 Å². The van der Waals surface area contributed by atoms with Gasteiger partial charge in [0, 0.05) is 0 Å². The summed E-state index contributed by atoms with van der Waals surface area (Å²) in [6.45, 7) is 0. The molecule has 1 N–H and O–H groups in total. The normalized spacial score (nSPS) is 10.5. The number of benzene rings is 3. The Morgan fingerprint density at radius 1 is 0.857 bits per heavy atom. The van der Waals surface area contributed by atoms with Crippen LogP contribution in [0.5, 0.6) is 5.75 Å². The quantitative estimate of drug-likeness (QED) is 0.721. The zero-order chi connectivity index (χ0) is 14.8. The molecule has 0 spiro atoms. The van der Waals surface area contributed by atoms with Gasteiger partial charge in [-0.25, -0.2) is 4.79 Å². The molecule has 0 unspecified atom stereocenters. The summed E-state index contributed by atoms with van der Waals surface area (Å²) < 4.78 is 4.75. The van der Waals surface area contributed by atoms with Crippen LogP contribution in [0.2, 0.25) is 0 Å². The van der Waals surface area contributed by atoms with E-state index in [0.717, 1.165) is 21.9 Å². The van der Waals surface area contributed by atoms with Gasteiger partial charge in [0.05, 0.1) is 12.7 Å². The van der Waals surface area contributed by atoms with E-state index in [1.807, 2.05) is 42.5 Å². The summed E-state index contributed by atoms with van der Waals surface area (Å²) in [5.41, 5.74) is 2.58. The minimum absolute atomic E-state index is 0.243. The van der Waals surface area contributed by atoms with Crippen molar-refractivity contribution < 1.29 is 14.6 Å². The second kappa shape index (κ2) is 5.29. The van der Waals surface area contributed by atoms with Crippen molar-refractivity contribution in [3.8, 4) is 16.9 Å². The molecule has 3 rings (SSSR count). The highest BCUT2D eigenvalue weighted by molar-refractivity contribution is 5.96. The van der Waals surface area contributed by atoms with Gasteiger partial charge in [-0.1, -0.05) is 30.3 Å². The van der Waals surface area contributed by atoms with Crippen molar-refractivity contribution in [2.75, 3.05) is 7.11 Å². The van der Waals surface area contributed by atoms with Gasteiger partial charge in [0.25, 0.3) is 0 Å². The third-order valence-electron chi connectivity index (χ3n) is 3.46. The molecular weight excluding hydrogens is 264 g/mol. The van der Waals surface area contributed by atoms with E-state index in [4.69, 9.17) is 4.74 Å². The van der Waals surface area contributed by atoms with E-state index in [1.54, 1.807) is 18.2 Å². The molecule has 3 aromatic carbocycles. The van der Waals surface area contributed by atoms with Crippen LogP contribution < -0.4 is 0 Å². The first kappa shape index (κ1) is 13.2. The van der Waals surface area contributed by atoms with Gasteiger partial charge in [0.1, 0.15) is 5.75 Å². The van der Waals surface area contributed by atoms with Crippen LogP contribution >= 0.6 is 0 Å². The fourth-order valence-electron chi connectivity index (χ4n) is 2.32. The first-order valence-corrected chi connectivity index (χ1v) is 6.59. The number of aromatic hydroxyl groups is 1. The molecular formula is C18H14O3. The number of hydrogen-bond donors (Lipinski definition) is 1. The smallest absolute Gasteiger partial charge is 0.337 e. The molecule has 0 fully saturated rings. The van der Waals surface area contributed by atoms with Gasteiger partial charge in [-0.3, -0.25) is 0 Å². The number of esters is 1. The predicted octanol–water partition coefficient (Wildman–Crippen LogP) is 4.00. The summed E-state index contributed by atoms with van der Waals surface area (Å²) in [4.78, 5) is 11.6. The highest BCUT2D eigenvalue weighted by atomic mass is 16.5. The molecule has 0 heterocycles. The lowest BCUT2D eigenvalue weighted by atomic mass is 10.00. The molecule has 3 nitrogen and oxygen atoms in total. The van der Waals surface area contributed by atoms with Crippen LogP contribution in [0.3, 0.4) is 0 Å². The van der Waals surface area contributed by atoms with Crippen LogP contribution in [0, 0.1) is 0 Å². The number of ether oxygens (including phenoxy) is 1. The molecule has 0 atom stereocenters. The van der Waals surface area contributed by atoms with Gasteiger partial charge in [-0.05, 0) is 52.2 Å². The lowest BCUT2D eigenvalue weighted by Gasteiger charge is -2.06. The van der Waals surface area contributed by atoms with Crippen LogP contribution in [0.15, 0.2) is 60.7 Å². The van der Waals surface area contributed by atoms with Crippen molar-refractivity contribution in [3.63, 3.8) is 0 Å². The van der Waals surface area contributed by atoms with E-state index in [1.165, 1.54) is 7.11 Å². The van der Waals surface area contributed by atoms with E-state index in [-0.39, 0.29) is 11.7 Å². The van der Waals surface area contributed by atoms with Crippen LogP contribution in [0.4, 0.5) is 0 Å². The van der Waals surface area contributed by atoms with Gasteiger partial charge >= 0.3 is 5.97 Å². The molecule has 0 aliphatic rings. The summed E-state index contributed by atoms with van der Waals surface area (Å²) >= 11 is 0. The Hall–Kier alpha value is -2.81. The van der Waals surface area contributed by atoms with Gasteiger partial charge in [-0.2, -0.15) is 0 Å². The number of hydrogen-bond acceptors (Lipinski definition) is 3. The molecule has 0 radical (unpaired) electrons. The SMILES string of the molecule is COC(=O)c1ccc2ccc(-c3ccc(O)cc3)cc2c1. The van der Waals surface area contributed by atoms with Crippen molar-refractivity contribution in [3.05, 3.63) is 66.2 Å². The largest absolute Gasteiger partial charge is 0.508 e. The Labute approximate surface area is 122 Å². The standard InChI is InChI=1S/C18H14O3/c1-21-18(20)15-5-3-13-2-4-14(10-16(13)11-15)12-6-8-17(19)9-7-12/h2-11,19H,1H3. The fraction of sp³-hybridized carbons (Fsp3) is 0.0556. The zero-order valence-corrected chi connectivity index (χ0v) is 11.5. The second-order valence-electron chi connectivity index (χ2n) is 4.82. The summed E-state index contributed by atoms with van der Waals surface area (Å²) in [5.74, 6) is -0.0977. The summed E-state index contributed by atoms with van der Waals surface area (Å²) in [6, 6.07) is 18.6. The third kappa shape index (κ3) is 2.58. The maximum atomic E-state index is 11.6. The first-order chi connectivity index (χ1) is 10.2. The lowest BCUT2D eigenvalue weighted by molar-refractivity contribution is 0.0601. The number of carbonyl (C=O) groups excluding carboxylic acids is 1. The van der Waals surface area contributed by atoms with E-state index in [2.05, 4.69) is 0 Å². The molecule has 0 bridgehead atoms. The van der Waals surface area contributed by atoms with Crippen LogP contribution in [0.25, 0.3) is 21.9 Å². The maximum Gasteiger partial charge on any atom is 0.337 e. The highest BCUT2D eigenvalue weighted by Crippen LogP contribution is 2.26. The number of carbonyl (C=O) groups is 1.